The van der Waals surface area contributed by atoms with E-state index in [0.29, 0.717) is 5.75 Å². The summed E-state index contributed by atoms with van der Waals surface area (Å²) in [5.74, 6) is 0.000938. The van der Waals surface area contributed by atoms with Crippen molar-refractivity contribution in [2.75, 3.05) is 12.9 Å². The molecule has 2 heterocycles. The van der Waals surface area contributed by atoms with E-state index in [9.17, 15) is 9.59 Å². The molecule has 0 aliphatic carbocycles. The number of hydrogen-bond acceptors (Lipinski definition) is 5. The number of ether oxygens (including phenoxy) is 1. The maximum atomic E-state index is 12.7. The number of hydrogen-bond donors (Lipinski definition) is 0. The molecule has 0 saturated carbocycles. The molecule has 0 N–H and O–H groups in total. The molecule has 2 aromatic rings. The fraction of sp³-hybridized carbons (Fsp3) is 0.250. The van der Waals surface area contributed by atoms with Crippen molar-refractivity contribution in [1.82, 2.24) is 4.90 Å². The first-order valence-corrected chi connectivity index (χ1v) is 7.88. The van der Waals surface area contributed by atoms with E-state index in [0.717, 1.165) is 5.56 Å². The summed E-state index contributed by atoms with van der Waals surface area (Å²) in [4.78, 5) is 26.3. The van der Waals surface area contributed by atoms with Crippen LogP contribution in [0.3, 0.4) is 0 Å². The first kappa shape index (κ1) is 14.7. The highest BCUT2D eigenvalue weighted by molar-refractivity contribution is 7.99. The molecular formula is C16H15NO4S. The van der Waals surface area contributed by atoms with Gasteiger partial charge in [0.25, 0.3) is 5.91 Å². The molecule has 0 bridgehead atoms. The fourth-order valence-corrected chi connectivity index (χ4v) is 3.89. The van der Waals surface area contributed by atoms with Crippen LogP contribution in [0.15, 0.2) is 53.1 Å². The van der Waals surface area contributed by atoms with Crippen molar-refractivity contribution < 1.29 is 18.7 Å². The molecule has 2 unspecified atom stereocenters. The Kier molecular flexibility index (Phi) is 4.20. The van der Waals surface area contributed by atoms with E-state index < -0.39 is 12.0 Å². The summed E-state index contributed by atoms with van der Waals surface area (Å²) in [7, 11) is 1.33. The van der Waals surface area contributed by atoms with Gasteiger partial charge in [-0.25, -0.2) is 4.79 Å². The molecule has 0 radical (unpaired) electrons. The van der Waals surface area contributed by atoms with E-state index in [1.807, 2.05) is 30.3 Å². The number of nitrogens with zero attached hydrogens (tertiary/aromatic N) is 1. The van der Waals surface area contributed by atoms with Gasteiger partial charge in [0, 0.05) is 5.75 Å². The zero-order valence-corrected chi connectivity index (χ0v) is 12.8. The van der Waals surface area contributed by atoms with Crippen molar-refractivity contribution in [3.05, 3.63) is 60.1 Å². The Morgan fingerprint density at radius 1 is 1.23 bits per heavy atom. The second kappa shape index (κ2) is 6.27. The fourth-order valence-electron chi connectivity index (χ4n) is 2.47. The monoisotopic (exact) mass is 317 g/mol. The van der Waals surface area contributed by atoms with Crippen LogP contribution in [0.4, 0.5) is 0 Å². The standard InChI is InChI=1S/C16H15NO4S/c1-20-16(19)12-10-22-15(11-6-3-2-4-7-11)17(12)14(18)13-8-5-9-21-13/h2-9,12,15H,10H2,1H3. The van der Waals surface area contributed by atoms with Gasteiger partial charge in [-0.1, -0.05) is 30.3 Å². The minimum absolute atomic E-state index is 0.220. The van der Waals surface area contributed by atoms with Gasteiger partial charge in [-0.05, 0) is 17.7 Å². The topological polar surface area (TPSA) is 59.8 Å². The summed E-state index contributed by atoms with van der Waals surface area (Å²) in [6.45, 7) is 0. The predicted octanol–water partition coefficient (Wildman–Crippen LogP) is 2.71. The number of amides is 1. The Hall–Kier alpha value is -2.21. The minimum atomic E-state index is -0.613. The quantitative estimate of drug-likeness (QED) is 0.815. The maximum absolute atomic E-state index is 12.7. The lowest BCUT2D eigenvalue weighted by Gasteiger charge is -2.27. The zero-order chi connectivity index (χ0) is 15.5. The molecule has 1 aliphatic rings. The number of carbonyl (C=O) groups excluding carboxylic acids is 2. The lowest BCUT2D eigenvalue weighted by atomic mass is 10.1. The molecule has 1 fully saturated rings. The van der Waals surface area contributed by atoms with E-state index in [1.165, 1.54) is 13.4 Å². The molecular weight excluding hydrogens is 302 g/mol. The van der Waals surface area contributed by atoms with Gasteiger partial charge in [-0.2, -0.15) is 0 Å². The maximum Gasteiger partial charge on any atom is 0.329 e. The molecule has 3 rings (SSSR count). The summed E-state index contributed by atoms with van der Waals surface area (Å²) in [5.41, 5.74) is 0.971. The van der Waals surface area contributed by atoms with Crippen LogP contribution in [-0.4, -0.2) is 35.7 Å². The molecule has 5 nitrogen and oxygen atoms in total. The third-order valence-electron chi connectivity index (χ3n) is 3.52. The van der Waals surface area contributed by atoms with Gasteiger partial charge in [-0.15, -0.1) is 11.8 Å². The first-order chi connectivity index (χ1) is 10.7. The van der Waals surface area contributed by atoms with E-state index in [2.05, 4.69) is 0 Å². The van der Waals surface area contributed by atoms with Crippen molar-refractivity contribution in [1.29, 1.82) is 0 Å². The predicted molar refractivity (Wildman–Crippen MR) is 82.3 cm³/mol. The van der Waals surface area contributed by atoms with Gasteiger partial charge in [-0.3, -0.25) is 4.79 Å². The van der Waals surface area contributed by atoms with Crippen LogP contribution in [0.5, 0.6) is 0 Å². The minimum Gasteiger partial charge on any atom is -0.467 e. The molecule has 1 aromatic heterocycles. The van der Waals surface area contributed by atoms with Gasteiger partial charge >= 0.3 is 5.97 Å². The number of esters is 1. The average Bonchev–Trinajstić information content (AvgIpc) is 3.23. The van der Waals surface area contributed by atoms with Crippen LogP contribution in [0.2, 0.25) is 0 Å². The van der Waals surface area contributed by atoms with Gasteiger partial charge in [0.2, 0.25) is 0 Å². The van der Waals surface area contributed by atoms with E-state index in [-0.39, 0.29) is 17.0 Å². The second-order valence-corrected chi connectivity index (χ2v) is 5.94. The van der Waals surface area contributed by atoms with Crippen molar-refractivity contribution in [2.24, 2.45) is 0 Å². The normalized spacial score (nSPS) is 20.9. The number of rotatable bonds is 3. The first-order valence-electron chi connectivity index (χ1n) is 6.83. The third kappa shape index (κ3) is 2.62. The Labute approximate surface area is 132 Å². The Morgan fingerprint density at radius 2 is 2.00 bits per heavy atom. The summed E-state index contributed by atoms with van der Waals surface area (Å²) in [6, 6.07) is 12.3. The van der Waals surface area contributed by atoms with Crippen molar-refractivity contribution >= 4 is 23.6 Å². The molecule has 6 heteroatoms. The van der Waals surface area contributed by atoms with Crippen LogP contribution < -0.4 is 0 Å². The van der Waals surface area contributed by atoms with Crippen molar-refractivity contribution in [3.63, 3.8) is 0 Å². The van der Waals surface area contributed by atoms with Gasteiger partial charge in [0.1, 0.15) is 11.4 Å². The van der Waals surface area contributed by atoms with E-state index >= 15 is 0 Å². The van der Waals surface area contributed by atoms with E-state index in [4.69, 9.17) is 9.15 Å². The summed E-state index contributed by atoms with van der Waals surface area (Å²) >= 11 is 1.54. The number of methoxy groups -OCH3 is 1. The third-order valence-corrected chi connectivity index (χ3v) is 4.85. The number of thioether (sulfide) groups is 1. The van der Waals surface area contributed by atoms with Crippen LogP contribution in [0.1, 0.15) is 21.5 Å². The van der Waals surface area contributed by atoms with Crippen LogP contribution in [-0.2, 0) is 9.53 Å². The largest absolute Gasteiger partial charge is 0.467 e. The number of benzene rings is 1. The lowest BCUT2D eigenvalue weighted by molar-refractivity contribution is -0.145. The smallest absolute Gasteiger partial charge is 0.329 e. The Morgan fingerprint density at radius 3 is 2.64 bits per heavy atom. The Bertz CT molecular complexity index is 656. The summed E-state index contributed by atoms with van der Waals surface area (Å²) < 4.78 is 10.0. The molecule has 1 amide bonds. The summed E-state index contributed by atoms with van der Waals surface area (Å²) in [5, 5.41) is -0.233. The molecule has 22 heavy (non-hydrogen) atoms. The average molecular weight is 317 g/mol. The highest BCUT2D eigenvalue weighted by Gasteiger charge is 2.43. The molecule has 1 aliphatic heterocycles. The van der Waals surface area contributed by atoms with Gasteiger partial charge in [0.15, 0.2) is 5.76 Å². The molecule has 1 saturated heterocycles. The van der Waals surface area contributed by atoms with Gasteiger partial charge < -0.3 is 14.1 Å². The van der Waals surface area contributed by atoms with Crippen molar-refractivity contribution in [2.45, 2.75) is 11.4 Å². The van der Waals surface area contributed by atoms with Crippen LogP contribution in [0.25, 0.3) is 0 Å². The molecule has 2 atom stereocenters. The SMILES string of the molecule is COC(=O)C1CSC(c2ccccc2)N1C(=O)c1ccco1. The highest BCUT2D eigenvalue weighted by Crippen LogP contribution is 2.42. The van der Waals surface area contributed by atoms with Gasteiger partial charge in [0.05, 0.1) is 13.4 Å². The van der Waals surface area contributed by atoms with Crippen LogP contribution >= 0.6 is 11.8 Å². The van der Waals surface area contributed by atoms with Crippen molar-refractivity contribution in [3.8, 4) is 0 Å². The number of carbonyl (C=O) groups is 2. The molecule has 114 valence electrons. The lowest BCUT2D eigenvalue weighted by Crippen LogP contribution is -2.43. The van der Waals surface area contributed by atoms with Crippen LogP contribution in [0, 0.1) is 0 Å². The zero-order valence-electron chi connectivity index (χ0n) is 12.0. The second-order valence-electron chi connectivity index (χ2n) is 4.83. The number of furan rings is 1. The molecule has 1 aromatic carbocycles. The Balaban J connectivity index is 1.96. The van der Waals surface area contributed by atoms with E-state index in [1.54, 1.807) is 28.8 Å². The highest BCUT2D eigenvalue weighted by atomic mass is 32.2. The molecule has 0 spiro atoms. The summed E-state index contributed by atoms with van der Waals surface area (Å²) in [6.07, 6.45) is 1.45.